The molecule has 1 nitrogen and oxygen atoms in total. The minimum Gasteiger partial charge on any atom is -0.494 e. The summed E-state index contributed by atoms with van der Waals surface area (Å²) < 4.78 is 5.38. The van der Waals surface area contributed by atoms with E-state index >= 15 is 0 Å². The van der Waals surface area contributed by atoms with Crippen molar-refractivity contribution in [2.45, 2.75) is 31.6 Å². The molecule has 0 bridgehead atoms. The average molecular weight is 210 g/mol. The molecule has 14 heavy (non-hydrogen) atoms. The number of unbranched alkanes of at least 4 members (excludes halogenated alkanes) is 1. The van der Waals surface area contributed by atoms with E-state index in [0.29, 0.717) is 0 Å². The Kier molecular flexibility index (Phi) is 5.53. The van der Waals surface area contributed by atoms with Gasteiger partial charge < -0.3 is 4.74 Å². The van der Waals surface area contributed by atoms with Crippen molar-refractivity contribution in [1.29, 1.82) is 0 Å². The number of hydrogen-bond donors (Lipinski definition) is 0. The fourth-order valence-electron chi connectivity index (χ4n) is 1.13. The standard InChI is InChI=1S/C12H18OS/c1-3-5-10-14-12-8-6-11(7-9-12)13-4-2/h6-9H,3-5,10H2,1-2H3. The number of ether oxygens (including phenoxy) is 1. The first-order chi connectivity index (χ1) is 6.86. The third-order valence-electron chi connectivity index (χ3n) is 1.90. The van der Waals surface area contributed by atoms with Gasteiger partial charge in [-0.2, -0.15) is 0 Å². The molecule has 0 aliphatic carbocycles. The lowest BCUT2D eigenvalue weighted by atomic mass is 10.3. The summed E-state index contributed by atoms with van der Waals surface area (Å²) in [5, 5.41) is 0. The summed E-state index contributed by atoms with van der Waals surface area (Å²) in [6.07, 6.45) is 2.56. The van der Waals surface area contributed by atoms with Gasteiger partial charge in [-0.1, -0.05) is 13.3 Å². The summed E-state index contributed by atoms with van der Waals surface area (Å²) >= 11 is 1.92. The van der Waals surface area contributed by atoms with E-state index in [9.17, 15) is 0 Å². The molecule has 0 heterocycles. The highest BCUT2D eigenvalue weighted by Gasteiger charge is 1.94. The number of thioether (sulfide) groups is 1. The first-order valence-electron chi connectivity index (χ1n) is 5.22. The summed E-state index contributed by atoms with van der Waals surface area (Å²) in [7, 11) is 0. The van der Waals surface area contributed by atoms with Gasteiger partial charge in [-0.3, -0.25) is 0 Å². The molecular weight excluding hydrogens is 192 g/mol. The molecule has 0 radical (unpaired) electrons. The molecule has 0 spiro atoms. The first kappa shape index (κ1) is 11.4. The Morgan fingerprint density at radius 2 is 1.86 bits per heavy atom. The van der Waals surface area contributed by atoms with Crippen molar-refractivity contribution in [1.82, 2.24) is 0 Å². The Balaban J connectivity index is 2.38. The fourth-order valence-corrected chi connectivity index (χ4v) is 2.13. The van der Waals surface area contributed by atoms with Crippen molar-refractivity contribution < 1.29 is 4.74 Å². The van der Waals surface area contributed by atoms with Gasteiger partial charge in [0.2, 0.25) is 0 Å². The van der Waals surface area contributed by atoms with E-state index in [1.807, 2.05) is 30.8 Å². The minimum atomic E-state index is 0.738. The maximum atomic E-state index is 5.38. The van der Waals surface area contributed by atoms with Gasteiger partial charge in [-0.25, -0.2) is 0 Å². The molecule has 0 aliphatic heterocycles. The van der Waals surface area contributed by atoms with Gasteiger partial charge in [0.05, 0.1) is 6.61 Å². The smallest absolute Gasteiger partial charge is 0.119 e. The molecule has 0 unspecified atom stereocenters. The summed E-state index contributed by atoms with van der Waals surface area (Å²) in [5.74, 6) is 2.18. The second-order valence-electron chi connectivity index (χ2n) is 3.11. The molecule has 1 aromatic rings. The van der Waals surface area contributed by atoms with Crippen LogP contribution in [-0.4, -0.2) is 12.4 Å². The molecule has 0 atom stereocenters. The van der Waals surface area contributed by atoms with Crippen LogP contribution in [0.4, 0.5) is 0 Å². The lowest BCUT2D eigenvalue weighted by Crippen LogP contribution is -1.90. The maximum Gasteiger partial charge on any atom is 0.119 e. The van der Waals surface area contributed by atoms with E-state index in [4.69, 9.17) is 4.74 Å². The lowest BCUT2D eigenvalue weighted by molar-refractivity contribution is 0.340. The van der Waals surface area contributed by atoms with Crippen molar-refractivity contribution in [2.75, 3.05) is 12.4 Å². The van der Waals surface area contributed by atoms with Crippen molar-refractivity contribution in [3.05, 3.63) is 24.3 Å². The molecule has 2 heteroatoms. The largest absolute Gasteiger partial charge is 0.494 e. The molecule has 0 aromatic heterocycles. The zero-order chi connectivity index (χ0) is 10.2. The van der Waals surface area contributed by atoms with Gasteiger partial charge in [0.15, 0.2) is 0 Å². The average Bonchev–Trinajstić information content (AvgIpc) is 2.21. The van der Waals surface area contributed by atoms with Crippen molar-refractivity contribution in [3.63, 3.8) is 0 Å². The highest BCUT2D eigenvalue weighted by atomic mass is 32.2. The SMILES string of the molecule is CCCCSc1ccc(OCC)cc1. The number of hydrogen-bond acceptors (Lipinski definition) is 2. The second kappa shape index (κ2) is 6.77. The van der Waals surface area contributed by atoms with Crippen LogP contribution in [0, 0.1) is 0 Å². The molecule has 0 aliphatic rings. The van der Waals surface area contributed by atoms with Gasteiger partial charge in [0.25, 0.3) is 0 Å². The number of benzene rings is 1. The van der Waals surface area contributed by atoms with Crippen molar-refractivity contribution in [2.24, 2.45) is 0 Å². The topological polar surface area (TPSA) is 9.23 Å². The summed E-state index contributed by atoms with van der Waals surface area (Å²) in [6.45, 7) is 4.96. The quantitative estimate of drug-likeness (QED) is 0.519. The highest BCUT2D eigenvalue weighted by Crippen LogP contribution is 2.22. The highest BCUT2D eigenvalue weighted by molar-refractivity contribution is 7.99. The fraction of sp³-hybridized carbons (Fsp3) is 0.500. The molecular formula is C12H18OS. The molecule has 1 rings (SSSR count). The second-order valence-corrected chi connectivity index (χ2v) is 4.27. The van der Waals surface area contributed by atoms with Crippen LogP contribution in [0.5, 0.6) is 5.75 Å². The van der Waals surface area contributed by atoms with Crippen LogP contribution in [0.15, 0.2) is 29.2 Å². The molecule has 0 saturated heterocycles. The van der Waals surface area contributed by atoms with Gasteiger partial charge >= 0.3 is 0 Å². The van der Waals surface area contributed by atoms with Crippen molar-refractivity contribution >= 4 is 11.8 Å². The third-order valence-corrected chi connectivity index (χ3v) is 3.00. The Labute approximate surface area is 90.9 Å². The predicted octanol–water partition coefficient (Wildman–Crippen LogP) is 3.98. The van der Waals surface area contributed by atoms with Crippen LogP contribution in [0.25, 0.3) is 0 Å². The predicted molar refractivity (Wildman–Crippen MR) is 63.2 cm³/mol. The van der Waals surface area contributed by atoms with Crippen LogP contribution >= 0.6 is 11.8 Å². The van der Waals surface area contributed by atoms with Crippen LogP contribution < -0.4 is 4.74 Å². The zero-order valence-electron chi connectivity index (χ0n) is 8.95. The Bertz CT molecular complexity index is 243. The Morgan fingerprint density at radius 3 is 2.43 bits per heavy atom. The lowest BCUT2D eigenvalue weighted by Gasteiger charge is -2.04. The molecule has 0 saturated carbocycles. The number of rotatable bonds is 6. The summed E-state index contributed by atoms with van der Waals surface area (Å²) in [4.78, 5) is 1.34. The van der Waals surface area contributed by atoms with Crippen molar-refractivity contribution in [3.8, 4) is 5.75 Å². The van der Waals surface area contributed by atoms with E-state index in [-0.39, 0.29) is 0 Å². The molecule has 0 fully saturated rings. The maximum absolute atomic E-state index is 5.38. The van der Waals surface area contributed by atoms with E-state index < -0.39 is 0 Å². The minimum absolute atomic E-state index is 0.738. The molecule has 1 aromatic carbocycles. The van der Waals surface area contributed by atoms with Gasteiger partial charge in [0.1, 0.15) is 5.75 Å². The summed E-state index contributed by atoms with van der Waals surface area (Å²) in [5.41, 5.74) is 0. The normalized spacial score (nSPS) is 10.1. The van der Waals surface area contributed by atoms with Gasteiger partial charge in [-0.15, -0.1) is 11.8 Å². The van der Waals surface area contributed by atoms with Crippen LogP contribution in [0.3, 0.4) is 0 Å². The Morgan fingerprint density at radius 1 is 1.14 bits per heavy atom. The Hall–Kier alpha value is -0.630. The molecule has 78 valence electrons. The van der Waals surface area contributed by atoms with Crippen LogP contribution in [-0.2, 0) is 0 Å². The summed E-state index contributed by atoms with van der Waals surface area (Å²) in [6, 6.07) is 8.34. The van der Waals surface area contributed by atoms with Crippen LogP contribution in [0.2, 0.25) is 0 Å². The monoisotopic (exact) mass is 210 g/mol. The van der Waals surface area contributed by atoms with E-state index in [1.54, 1.807) is 0 Å². The van der Waals surface area contributed by atoms with E-state index in [0.717, 1.165) is 12.4 Å². The first-order valence-corrected chi connectivity index (χ1v) is 6.21. The zero-order valence-corrected chi connectivity index (χ0v) is 9.77. The molecule has 0 amide bonds. The van der Waals surface area contributed by atoms with Crippen LogP contribution in [0.1, 0.15) is 26.7 Å². The molecule has 0 N–H and O–H groups in total. The van der Waals surface area contributed by atoms with Gasteiger partial charge in [-0.05, 0) is 43.4 Å². The van der Waals surface area contributed by atoms with Gasteiger partial charge in [0, 0.05) is 4.90 Å². The third kappa shape index (κ3) is 4.05. The van der Waals surface area contributed by atoms with E-state index in [2.05, 4.69) is 19.1 Å². The van der Waals surface area contributed by atoms with E-state index in [1.165, 1.54) is 23.5 Å².